The predicted octanol–water partition coefficient (Wildman–Crippen LogP) is 3.19. The number of hydrogen-bond acceptors (Lipinski definition) is 2. The molecule has 0 bridgehead atoms. The summed E-state index contributed by atoms with van der Waals surface area (Å²) in [4.78, 5) is 0. The summed E-state index contributed by atoms with van der Waals surface area (Å²) in [5, 5.41) is 4.63. The van der Waals surface area contributed by atoms with E-state index in [4.69, 9.17) is 0 Å². The van der Waals surface area contributed by atoms with Gasteiger partial charge < -0.3 is 5.32 Å². The van der Waals surface area contributed by atoms with Gasteiger partial charge in [0.05, 0.1) is 0 Å². The summed E-state index contributed by atoms with van der Waals surface area (Å²) in [5.41, 5.74) is 0. The van der Waals surface area contributed by atoms with Crippen molar-refractivity contribution in [1.29, 1.82) is 0 Å². The first kappa shape index (κ1) is 10.8. The maximum Gasteiger partial charge on any atom is 0.0158 e. The molecule has 0 spiro atoms. The van der Waals surface area contributed by atoms with E-state index in [1.165, 1.54) is 63.7 Å². The van der Waals surface area contributed by atoms with Gasteiger partial charge in [-0.25, -0.2) is 0 Å². The minimum atomic E-state index is 0.829. The number of nitrogens with one attached hydrogen (secondary N) is 1. The first-order chi connectivity index (χ1) is 6.95. The minimum absolute atomic E-state index is 0.829. The van der Waals surface area contributed by atoms with Gasteiger partial charge in [-0.05, 0) is 32.2 Å². The third-order valence-electron chi connectivity index (χ3n) is 3.50. The molecule has 1 heterocycles. The van der Waals surface area contributed by atoms with Gasteiger partial charge in [-0.2, -0.15) is 11.8 Å². The van der Waals surface area contributed by atoms with Crippen molar-refractivity contribution in [2.75, 3.05) is 12.3 Å². The van der Waals surface area contributed by atoms with Crippen LogP contribution in [-0.4, -0.2) is 23.6 Å². The van der Waals surface area contributed by atoms with E-state index in [0.29, 0.717) is 0 Å². The molecular formula is C12H23NS. The van der Waals surface area contributed by atoms with Crippen LogP contribution in [0.4, 0.5) is 0 Å². The molecule has 1 saturated heterocycles. The topological polar surface area (TPSA) is 12.0 Å². The molecule has 2 heteroatoms. The highest BCUT2D eigenvalue weighted by Gasteiger charge is 2.17. The summed E-state index contributed by atoms with van der Waals surface area (Å²) in [6.07, 6.45) is 11.7. The Morgan fingerprint density at radius 1 is 0.929 bits per heavy atom. The van der Waals surface area contributed by atoms with E-state index >= 15 is 0 Å². The zero-order chi connectivity index (χ0) is 9.64. The molecule has 0 aromatic carbocycles. The van der Waals surface area contributed by atoms with Crippen molar-refractivity contribution in [2.45, 2.75) is 62.7 Å². The summed E-state index contributed by atoms with van der Waals surface area (Å²) in [6, 6.07) is 0.829. The van der Waals surface area contributed by atoms with E-state index in [0.717, 1.165) is 11.3 Å². The summed E-state index contributed by atoms with van der Waals surface area (Å²) in [6.45, 7) is 1.26. The van der Waals surface area contributed by atoms with E-state index < -0.39 is 0 Å². The fraction of sp³-hybridized carbons (Fsp3) is 1.00. The van der Waals surface area contributed by atoms with Crippen LogP contribution >= 0.6 is 11.8 Å². The lowest BCUT2D eigenvalue weighted by Gasteiger charge is -2.27. The normalized spacial score (nSPS) is 30.4. The molecule has 82 valence electrons. The Bertz CT molecular complexity index is 130. The second-order valence-electron chi connectivity index (χ2n) is 4.74. The molecule has 1 aliphatic heterocycles. The van der Waals surface area contributed by atoms with E-state index in [1.54, 1.807) is 0 Å². The first-order valence-corrected chi connectivity index (χ1v) is 7.35. The second-order valence-corrected chi connectivity index (χ2v) is 6.07. The van der Waals surface area contributed by atoms with E-state index in [9.17, 15) is 0 Å². The van der Waals surface area contributed by atoms with Gasteiger partial charge in [0, 0.05) is 17.0 Å². The lowest BCUT2D eigenvalue weighted by Crippen LogP contribution is -2.36. The molecular weight excluding hydrogens is 190 g/mol. The van der Waals surface area contributed by atoms with E-state index in [2.05, 4.69) is 17.1 Å². The van der Waals surface area contributed by atoms with Gasteiger partial charge >= 0.3 is 0 Å². The summed E-state index contributed by atoms with van der Waals surface area (Å²) in [7, 11) is 0. The Balaban J connectivity index is 1.60. The van der Waals surface area contributed by atoms with Crippen molar-refractivity contribution in [3.8, 4) is 0 Å². The molecule has 0 radical (unpaired) electrons. The Morgan fingerprint density at radius 2 is 1.71 bits per heavy atom. The maximum absolute atomic E-state index is 3.64. The van der Waals surface area contributed by atoms with Crippen LogP contribution in [0, 0.1) is 0 Å². The van der Waals surface area contributed by atoms with Gasteiger partial charge in [0.1, 0.15) is 0 Å². The number of thioether (sulfide) groups is 1. The Kier molecular flexibility index (Phi) is 4.65. The van der Waals surface area contributed by atoms with Gasteiger partial charge in [-0.15, -0.1) is 0 Å². The quantitative estimate of drug-likeness (QED) is 0.772. The number of rotatable bonds is 3. The molecule has 0 aromatic heterocycles. The third-order valence-corrected chi connectivity index (χ3v) is 5.04. The fourth-order valence-electron chi connectivity index (χ4n) is 2.55. The van der Waals surface area contributed by atoms with Crippen molar-refractivity contribution in [1.82, 2.24) is 5.32 Å². The average Bonchev–Trinajstić information content (AvgIpc) is 2.29. The Morgan fingerprint density at radius 3 is 2.43 bits per heavy atom. The van der Waals surface area contributed by atoms with Gasteiger partial charge in [0.15, 0.2) is 0 Å². The predicted molar refractivity (Wildman–Crippen MR) is 65.0 cm³/mol. The lowest BCUT2D eigenvalue weighted by molar-refractivity contribution is 0.428. The molecule has 14 heavy (non-hydrogen) atoms. The smallest absolute Gasteiger partial charge is 0.0158 e. The minimum Gasteiger partial charge on any atom is -0.313 e. The van der Waals surface area contributed by atoms with E-state index in [1.807, 2.05) is 0 Å². The lowest BCUT2D eigenvalue weighted by atomic mass is 10.0. The van der Waals surface area contributed by atoms with Gasteiger partial charge in [0.25, 0.3) is 0 Å². The molecule has 1 nitrogen and oxygen atoms in total. The van der Waals surface area contributed by atoms with Crippen LogP contribution in [0.3, 0.4) is 0 Å². The van der Waals surface area contributed by atoms with Crippen molar-refractivity contribution >= 4 is 11.8 Å². The SMILES string of the molecule is C1CCC(SC[C@@H]2CCCCN2)CC1. The molecule has 1 aliphatic carbocycles. The molecule has 2 rings (SSSR count). The van der Waals surface area contributed by atoms with Crippen LogP contribution in [0.25, 0.3) is 0 Å². The van der Waals surface area contributed by atoms with Crippen molar-refractivity contribution in [3.63, 3.8) is 0 Å². The monoisotopic (exact) mass is 213 g/mol. The summed E-state index contributed by atoms with van der Waals surface area (Å²) in [5.74, 6) is 1.37. The number of hydrogen-bond donors (Lipinski definition) is 1. The highest BCUT2D eigenvalue weighted by molar-refractivity contribution is 7.99. The largest absolute Gasteiger partial charge is 0.313 e. The molecule has 0 unspecified atom stereocenters. The van der Waals surface area contributed by atoms with Crippen molar-refractivity contribution in [3.05, 3.63) is 0 Å². The molecule has 2 aliphatic rings. The van der Waals surface area contributed by atoms with Gasteiger partial charge in [0.2, 0.25) is 0 Å². The zero-order valence-electron chi connectivity index (χ0n) is 9.13. The Labute approximate surface area is 92.4 Å². The highest BCUT2D eigenvalue weighted by atomic mass is 32.2. The molecule has 1 saturated carbocycles. The molecule has 2 fully saturated rings. The third kappa shape index (κ3) is 3.47. The van der Waals surface area contributed by atoms with Crippen LogP contribution in [0.5, 0.6) is 0 Å². The first-order valence-electron chi connectivity index (χ1n) is 6.30. The zero-order valence-corrected chi connectivity index (χ0v) is 9.95. The van der Waals surface area contributed by atoms with Crippen LogP contribution in [0.1, 0.15) is 51.4 Å². The second kappa shape index (κ2) is 6.02. The fourth-order valence-corrected chi connectivity index (χ4v) is 4.01. The molecule has 1 N–H and O–H groups in total. The van der Waals surface area contributed by atoms with Crippen molar-refractivity contribution < 1.29 is 0 Å². The Hall–Kier alpha value is 0.310. The van der Waals surface area contributed by atoms with E-state index in [-0.39, 0.29) is 0 Å². The van der Waals surface area contributed by atoms with Crippen molar-refractivity contribution in [2.24, 2.45) is 0 Å². The van der Waals surface area contributed by atoms with Crippen LogP contribution in [-0.2, 0) is 0 Å². The maximum atomic E-state index is 3.64. The summed E-state index contributed by atoms with van der Waals surface area (Å²) >= 11 is 2.24. The van der Waals surface area contributed by atoms with Crippen LogP contribution < -0.4 is 5.32 Å². The van der Waals surface area contributed by atoms with Crippen LogP contribution in [0.15, 0.2) is 0 Å². The van der Waals surface area contributed by atoms with Gasteiger partial charge in [-0.1, -0.05) is 25.7 Å². The molecule has 1 atom stereocenters. The average molecular weight is 213 g/mol. The van der Waals surface area contributed by atoms with Crippen LogP contribution in [0.2, 0.25) is 0 Å². The molecule has 0 aromatic rings. The highest BCUT2D eigenvalue weighted by Crippen LogP contribution is 2.29. The van der Waals surface area contributed by atoms with Gasteiger partial charge in [-0.3, -0.25) is 0 Å². The summed E-state index contributed by atoms with van der Waals surface area (Å²) < 4.78 is 0. The standard InChI is InChI=1S/C12H23NS/c1-2-7-12(8-3-1)14-10-11-6-4-5-9-13-11/h11-13H,1-10H2/t11-/m0/s1. The molecule has 0 amide bonds. The number of piperidine rings is 1.